The minimum Gasteiger partial charge on any atom is -0.607 e. The quantitative estimate of drug-likeness (QED) is 0.137. The molecular weight excluding hydrogens is 472 g/mol. The summed E-state index contributed by atoms with van der Waals surface area (Å²) in [5.74, 6) is -4.24. The maximum Gasteiger partial charge on any atom is 0.314 e. The van der Waals surface area contributed by atoms with Crippen LogP contribution in [-0.2, 0) is 22.6 Å². The number of ketones is 1. The molecule has 1 aromatic carbocycles. The Balaban J connectivity index is 1.48. The number of hydrogen-bond acceptors (Lipinski definition) is 11. The number of nitrogens with zero attached hydrogens (tertiary/aromatic N) is 5. The van der Waals surface area contributed by atoms with Gasteiger partial charge in [-0.25, -0.2) is 15.0 Å². The second kappa shape index (κ2) is 10.1. The number of hydroxylamine groups is 1. The first-order valence-electron chi connectivity index (χ1n) is 11.1. The molecule has 0 bridgehead atoms. The van der Waals surface area contributed by atoms with E-state index in [0.29, 0.717) is 24.3 Å². The van der Waals surface area contributed by atoms with Crippen LogP contribution in [0.5, 0.6) is 0 Å². The summed E-state index contributed by atoms with van der Waals surface area (Å²) in [5, 5.41) is 32.6. The van der Waals surface area contributed by atoms with Crippen LogP contribution in [0.3, 0.4) is 0 Å². The van der Waals surface area contributed by atoms with Crippen LogP contribution in [0.4, 0.5) is 17.5 Å². The number of carboxylic acids is 2. The summed E-state index contributed by atoms with van der Waals surface area (Å²) in [4.78, 5) is 51.5. The number of anilines is 3. The lowest BCUT2D eigenvalue weighted by Gasteiger charge is -2.32. The number of Topliss-reactive ketones (excluding diaryl/α,β-unsaturated/α-hetero) is 1. The van der Waals surface area contributed by atoms with Gasteiger partial charge in [0.1, 0.15) is 18.2 Å². The van der Waals surface area contributed by atoms with Gasteiger partial charge in [-0.3, -0.25) is 19.6 Å². The van der Waals surface area contributed by atoms with E-state index in [2.05, 4.69) is 19.9 Å². The molecule has 14 nitrogen and oxygen atoms in total. The third kappa shape index (κ3) is 5.13. The molecule has 0 aliphatic carbocycles. The van der Waals surface area contributed by atoms with Crippen molar-refractivity contribution in [2.45, 2.75) is 32.2 Å². The number of aliphatic carboxylic acids is 2. The van der Waals surface area contributed by atoms with Crippen molar-refractivity contribution >= 4 is 46.3 Å². The number of carbonyl (C=O) groups excluding carboxylic acids is 1. The molecule has 0 spiro atoms. The lowest BCUT2D eigenvalue weighted by molar-refractivity contribution is -0.871. The average Bonchev–Trinajstić information content (AvgIpc) is 3.25. The molecule has 0 saturated carbocycles. The number of fused-ring (bicyclic) bond motifs is 2. The number of hydrogen-bond donors (Lipinski definition) is 5. The van der Waals surface area contributed by atoms with Crippen LogP contribution in [0.2, 0.25) is 0 Å². The number of aromatic nitrogens is 4. The second-order valence-corrected chi connectivity index (χ2v) is 8.36. The number of nitrogens with one attached hydrogen (secondary N) is 1. The summed E-state index contributed by atoms with van der Waals surface area (Å²) in [6.07, 6.45) is 1.70. The highest BCUT2D eigenvalue weighted by atomic mass is 16.5. The fraction of sp³-hybridized carbons (Fsp3) is 0.318. The van der Waals surface area contributed by atoms with E-state index in [1.54, 1.807) is 17.1 Å². The van der Waals surface area contributed by atoms with Gasteiger partial charge in [0.05, 0.1) is 18.4 Å². The van der Waals surface area contributed by atoms with E-state index in [0.717, 1.165) is 5.56 Å². The van der Waals surface area contributed by atoms with Crippen LogP contribution in [-0.4, -0.2) is 54.4 Å². The van der Waals surface area contributed by atoms with Crippen LogP contribution in [0, 0.1) is 11.1 Å². The number of carbonyl (C=O) groups is 3. The predicted octanol–water partition coefficient (Wildman–Crippen LogP) is -0.417. The molecule has 1 aliphatic heterocycles. The van der Waals surface area contributed by atoms with Crippen molar-refractivity contribution in [3.63, 3.8) is 0 Å². The van der Waals surface area contributed by atoms with Gasteiger partial charge in [-0.1, -0.05) is 0 Å². The monoisotopic (exact) mass is 496 g/mol. The zero-order chi connectivity index (χ0) is 26.0. The molecular formula is C22H24N8O6. The van der Waals surface area contributed by atoms with Crippen LogP contribution in [0.1, 0.15) is 40.9 Å². The Bertz CT molecular complexity index is 1350. The normalized spacial score (nSPS) is 14.4. The van der Waals surface area contributed by atoms with Crippen molar-refractivity contribution in [3.8, 4) is 0 Å². The minimum atomic E-state index is -1.33. The van der Waals surface area contributed by atoms with Gasteiger partial charge in [-0.05, 0) is 43.0 Å². The Labute approximate surface area is 204 Å². The van der Waals surface area contributed by atoms with Gasteiger partial charge in [-0.15, -0.1) is 0 Å². The van der Waals surface area contributed by atoms with E-state index in [-0.39, 0.29) is 59.5 Å². The molecule has 7 N–H and O–H groups in total. The predicted molar refractivity (Wildman–Crippen MR) is 126 cm³/mol. The lowest BCUT2D eigenvalue weighted by Crippen LogP contribution is -3.13. The molecule has 3 heterocycles. The maximum absolute atomic E-state index is 13.0. The third-order valence-electron chi connectivity index (χ3n) is 5.89. The highest BCUT2D eigenvalue weighted by Crippen LogP contribution is 2.28. The molecule has 0 saturated heterocycles. The Morgan fingerprint density at radius 1 is 1.17 bits per heavy atom. The first kappa shape index (κ1) is 24.7. The van der Waals surface area contributed by atoms with E-state index in [4.69, 9.17) is 16.6 Å². The largest absolute Gasteiger partial charge is 0.607 e. The Morgan fingerprint density at radius 2 is 1.94 bits per heavy atom. The van der Waals surface area contributed by atoms with Gasteiger partial charge in [-0.2, -0.15) is 9.97 Å². The molecule has 3 aromatic rings. The van der Waals surface area contributed by atoms with E-state index < -0.39 is 23.6 Å². The molecule has 2 atom stereocenters. The van der Waals surface area contributed by atoms with Crippen molar-refractivity contribution in [1.82, 2.24) is 19.9 Å². The molecule has 0 fully saturated rings. The highest BCUT2D eigenvalue weighted by molar-refractivity contribution is 6.08. The average molecular weight is 496 g/mol. The molecule has 0 radical (unpaired) electrons. The van der Waals surface area contributed by atoms with Gasteiger partial charge >= 0.3 is 11.9 Å². The van der Waals surface area contributed by atoms with Gasteiger partial charge < -0.3 is 26.9 Å². The Kier molecular flexibility index (Phi) is 6.89. The van der Waals surface area contributed by atoms with Crippen molar-refractivity contribution in [3.05, 3.63) is 46.4 Å². The Hall–Kier alpha value is -4.43. The number of carboxylic acid groups (broad SMARTS) is 2. The Morgan fingerprint density at radius 3 is 2.67 bits per heavy atom. The highest BCUT2D eigenvalue weighted by Gasteiger charge is 2.30. The number of nitrogens with two attached hydrogens (primary N) is 2. The smallest absolute Gasteiger partial charge is 0.314 e. The summed E-state index contributed by atoms with van der Waals surface area (Å²) >= 11 is 0. The van der Waals surface area contributed by atoms with Gasteiger partial charge in [0.2, 0.25) is 5.95 Å². The number of benzene rings is 1. The number of rotatable bonds is 10. The summed E-state index contributed by atoms with van der Waals surface area (Å²) in [6, 6.07) is 4.69. The standard InChI is InChI=1S/C22H24N8O6/c23-19-17-20(28-22(24)27-19)25-9-13(26-17)10-30(36)29-7-6-11-8-12(4-5-15(11)29)18(33)14(21(34)35)2-1-3-16(31)32/h4-5,8-9,14,30H,1-3,6-7,10H2,(H,31,32)(H,34,35)(H4,23,24,25,27,28)/t14-/m1/s1. The second-order valence-electron chi connectivity index (χ2n) is 8.36. The molecule has 1 aliphatic rings. The zero-order valence-electron chi connectivity index (χ0n) is 19.0. The van der Waals surface area contributed by atoms with Crippen molar-refractivity contribution in [1.29, 1.82) is 0 Å². The molecule has 4 rings (SSSR count). The molecule has 1 unspecified atom stereocenters. The number of nitrogen functional groups attached to an aromatic ring is 2. The summed E-state index contributed by atoms with van der Waals surface area (Å²) in [6.45, 7) is 0.327. The van der Waals surface area contributed by atoms with Crippen molar-refractivity contribution in [2.24, 2.45) is 5.92 Å². The fourth-order valence-electron chi connectivity index (χ4n) is 4.16. The summed E-state index contributed by atoms with van der Waals surface area (Å²) in [5.41, 5.74) is 13.8. The minimum absolute atomic E-state index is 0.0282. The summed E-state index contributed by atoms with van der Waals surface area (Å²) < 4.78 is 0. The van der Waals surface area contributed by atoms with Crippen molar-refractivity contribution < 1.29 is 29.8 Å². The SMILES string of the molecule is Nc1nc(N)c2nc(C[NH+]([O-])N3CCc4cc(C(=O)[C@@H](CCCC(=O)O)C(=O)O)ccc43)cnc2n1. The van der Waals surface area contributed by atoms with Gasteiger partial charge in [0.25, 0.3) is 0 Å². The lowest BCUT2D eigenvalue weighted by atomic mass is 9.91. The van der Waals surface area contributed by atoms with E-state index in [1.165, 1.54) is 12.3 Å². The molecule has 36 heavy (non-hydrogen) atoms. The fourth-order valence-corrected chi connectivity index (χ4v) is 4.16. The first-order chi connectivity index (χ1) is 17.1. The van der Waals surface area contributed by atoms with Gasteiger partial charge in [0.15, 0.2) is 22.8 Å². The van der Waals surface area contributed by atoms with Crippen LogP contribution >= 0.6 is 0 Å². The molecule has 2 aromatic heterocycles. The van der Waals surface area contributed by atoms with E-state index in [1.807, 2.05) is 0 Å². The summed E-state index contributed by atoms with van der Waals surface area (Å²) in [7, 11) is 0. The topological polar surface area (TPSA) is 226 Å². The van der Waals surface area contributed by atoms with Gasteiger partial charge in [0, 0.05) is 12.0 Å². The molecule has 14 heteroatoms. The van der Waals surface area contributed by atoms with Crippen LogP contribution in [0.25, 0.3) is 11.2 Å². The van der Waals surface area contributed by atoms with Crippen LogP contribution in [0.15, 0.2) is 24.4 Å². The van der Waals surface area contributed by atoms with Crippen LogP contribution < -0.4 is 21.6 Å². The first-order valence-corrected chi connectivity index (χ1v) is 11.1. The molecule has 188 valence electrons. The van der Waals surface area contributed by atoms with E-state index in [9.17, 15) is 24.7 Å². The maximum atomic E-state index is 13.0. The molecule has 0 amide bonds. The third-order valence-corrected chi connectivity index (χ3v) is 5.89. The zero-order valence-corrected chi connectivity index (χ0v) is 19.0. The number of quaternary nitrogens is 1. The van der Waals surface area contributed by atoms with E-state index >= 15 is 0 Å². The van der Waals surface area contributed by atoms with Crippen molar-refractivity contribution in [2.75, 3.05) is 23.0 Å².